The summed E-state index contributed by atoms with van der Waals surface area (Å²) in [4.78, 5) is 23.1. The van der Waals surface area contributed by atoms with Gasteiger partial charge in [0, 0.05) is 10.7 Å². The van der Waals surface area contributed by atoms with Gasteiger partial charge in [-0.1, -0.05) is 34.8 Å². The van der Waals surface area contributed by atoms with Crippen molar-refractivity contribution in [3.63, 3.8) is 0 Å². The first-order valence-corrected chi connectivity index (χ1v) is 6.81. The Morgan fingerprint density at radius 3 is 2.19 bits per heavy atom. The van der Waals surface area contributed by atoms with Gasteiger partial charge < -0.3 is 10.4 Å². The Bertz CT molecular complexity index is 731. The van der Waals surface area contributed by atoms with Gasteiger partial charge in [0.15, 0.2) is 0 Å². The van der Waals surface area contributed by atoms with E-state index in [1.807, 2.05) is 0 Å². The number of carbonyl (C=O) groups excluding carboxylic acids is 1. The number of hydrogen-bond acceptors (Lipinski definition) is 2. The van der Waals surface area contributed by atoms with Gasteiger partial charge in [-0.25, -0.2) is 4.79 Å². The molecule has 108 valence electrons. The zero-order valence-corrected chi connectivity index (χ0v) is 12.6. The van der Waals surface area contributed by atoms with E-state index < -0.39 is 11.9 Å². The van der Waals surface area contributed by atoms with Gasteiger partial charge in [-0.05, 0) is 36.4 Å². The SMILES string of the molecule is O=C(O)c1cc(NC(=O)c2cc(Cl)ccc2Cl)ccc1Cl. The number of carboxylic acid groups (broad SMARTS) is 1. The van der Waals surface area contributed by atoms with E-state index in [2.05, 4.69) is 5.32 Å². The van der Waals surface area contributed by atoms with Crippen LogP contribution in [0.4, 0.5) is 5.69 Å². The summed E-state index contributed by atoms with van der Waals surface area (Å²) in [6, 6.07) is 8.63. The summed E-state index contributed by atoms with van der Waals surface area (Å²) in [7, 11) is 0. The standard InChI is InChI=1S/C14H8Cl3NO3/c15-7-1-3-11(16)9(5-7)13(19)18-8-2-4-12(17)10(6-8)14(20)21/h1-6H,(H,18,19)(H,20,21). The van der Waals surface area contributed by atoms with Crippen molar-refractivity contribution in [3.8, 4) is 0 Å². The Balaban J connectivity index is 2.29. The molecule has 0 heterocycles. The molecule has 2 N–H and O–H groups in total. The zero-order chi connectivity index (χ0) is 15.6. The number of anilines is 1. The van der Waals surface area contributed by atoms with E-state index >= 15 is 0 Å². The topological polar surface area (TPSA) is 66.4 Å². The van der Waals surface area contributed by atoms with Crippen LogP contribution in [-0.2, 0) is 0 Å². The molecule has 0 saturated heterocycles. The number of amides is 1. The van der Waals surface area contributed by atoms with Crippen molar-refractivity contribution in [2.45, 2.75) is 0 Å². The lowest BCUT2D eigenvalue weighted by molar-refractivity contribution is 0.0696. The minimum absolute atomic E-state index is 0.0845. The van der Waals surface area contributed by atoms with Crippen LogP contribution in [0.5, 0.6) is 0 Å². The smallest absolute Gasteiger partial charge is 0.337 e. The molecule has 0 aliphatic rings. The van der Waals surface area contributed by atoms with E-state index in [9.17, 15) is 9.59 Å². The fourth-order valence-corrected chi connectivity index (χ4v) is 2.21. The van der Waals surface area contributed by atoms with Crippen molar-refractivity contribution in [2.75, 3.05) is 5.32 Å². The Morgan fingerprint density at radius 2 is 1.52 bits per heavy atom. The number of halogens is 3. The number of nitrogens with one attached hydrogen (secondary N) is 1. The van der Waals surface area contributed by atoms with E-state index in [1.165, 1.54) is 30.3 Å². The number of benzene rings is 2. The molecule has 0 aliphatic carbocycles. The molecular weight excluding hydrogens is 337 g/mol. The normalized spacial score (nSPS) is 10.2. The second-order valence-electron chi connectivity index (χ2n) is 4.08. The molecule has 2 rings (SSSR count). The summed E-state index contributed by atoms with van der Waals surface area (Å²) >= 11 is 17.5. The summed E-state index contributed by atoms with van der Waals surface area (Å²) < 4.78 is 0. The van der Waals surface area contributed by atoms with Crippen molar-refractivity contribution >= 4 is 52.4 Å². The Morgan fingerprint density at radius 1 is 0.905 bits per heavy atom. The second kappa shape index (κ2) is 6.35. The predicted molar refractivity (Wildman–Crippen MR) is 82.8 cm³/mol. The van der Waals surface area contributed by atoms with Crippen LogP contribution in [-0.4, -0.2) is 17.0 Å². The summed E-state index contributed by atoms with van der Waals surface area (Å²) in [6.07, 6.45) is 0. The molecule has 2 aromatic rings. The lowest BCUT2D eigenvalue weighted by Gasteiger charge is -2.08. The molecule has 0 unspecified atom stereocenters. The maximum atomic E-state index is 12.1. The molecule has 0 bridgehead atoms. The second-order valence-corrected chi connectivity index (χ2v) is 5.33. The van der Waals surface area contributed by atoms with Crippen molar-refractivity contribution in [1.29, 1.82) is 0 Å². The molecule has 4 nitrogen and oxygen atoms in total. The van der Waals surface area contributed by atoms with E-state index in [-0.39, 0.29) is 26.9 Å². The molecule has 0 aromatic heterocycles. The molecule has 21 heavy (non-hydrogen) atoms. The van der Waals surface area contributed by atoms with Gasteiger partial charge in [-0.3, -0.25) is 4.79 Å². The van der Waals surface area contributed by atoms with Gasteiger partial charge in [0.2, 0.25) is 0 Å². The summed E-state index contributed by atoms with van der Waals surface area (Å²) in [5, 5.41) is 12.2. The van der Waals surface area contributed by atoms with Crippen LogP contribution in [0.3, 0.4) is 0 Å². The van der Waals surface area contributed by atoms with E-state index in [4.69, 9.17) is 39.9 Å². The third-order valence-electron chi connectivity index (χ3n) is 2.63. The molecule has 0 aliphatic heterocycles. The third kappa shape index (κ3) is 3.67. The maximum Gasteiger partial charge on any atom is 0.337 e. The van der Waals surface area contributed by atoms with Gasteiger partial charge in [0.1, 0.15) is 0 Å². The molecule has 0 fully saturated rings. The van der Waals surface area contributed by atoms with Gasteiger partial charge in [-0.15, -0.1) is 0 Å². The first-order chi connectivity index (χ1) is 9.88. The monoisotopic (exact) mass is 343 g/mol. The quantitative estimate of drug-likeness (QED) is 0.855. The molecule has 0 radical (unpaired) electrons. The average molecular weight is 345 g/mol. The van der Waals surface area contributed by atoms with Crippen molar-refractivity contribution in [2.24, 2.45) is 0 Å². The molecule has 0 saturated carbocycles. The minimum atomic E-state index is -1.18. The zero-order valence-electron chi connectivity index (χ0n) is 10.4. The number of rotatable bonds is 3. The molecule has 1 amide bonds. The molecule has 0 spiro atoms. The number of carbonyl (C=O) groups is 2. The first-order valence-electron chi connectivity index (χ1n) is 5.67. The average Bonchev–Trinajstić information content (AvgIpc) is 2.43. The first kappa shape index (κ1) is 15.6. The van der Waals surface area contributed by atoms with E-state index in [0.29, 0.717) is 5.02 Å². The van der Waals surface area contributed by atoms with Gasteiger partial charge >= 0.3 is 5.97 Å². The fourth-order valence-electron chi connectivity index (χ4n) is 1.64. The van der Waals surface area contributed by atoms with Crippen LogP contribution < -0.4 is 5.32 Å². The maximum absolute atomic E-state index is 12.1. The molecule has 7 heteroatoms. The number of aromatic carboxylic acids is 1. The Labute approximate surface area is 135 Å². The highest BCUT2D eigenvalue weighted by Gasteiger charge is 2.14. The highest BCUT2D eigenvalue weighted by Crippen LogP contribution is 2.24. The number of hydrogen-bond donors (Lipinski definition) is 2. The van der Waals surface area contributed by atoms with Gasteiger partial charge in [0.25, 0.3) is 5.91 Å². The van der Waals surface area contributed by atoms with Crippen LogP contribution >= 0.6 is 34.8 Å². The van der Waals surface area contributed by atoms with Crippen LogP contribution in [0, 0.1) is 0 Å². The van der Waals surface area contributed by atoms with Crippen LogP contribution in [0.2, 0.25) is 15.1 Å². The van der Waals surface area contributed by atoms with Crippen molar-refractivity contribution in [1.82, 2.24) is 0 Å². The van der Waals surface area contributed by atoms with Crippen LogP contribution in [0.1, 0.15) is 20.7 Å². The van der Waals surface area contributed by atoms with Crippen LogP contribution in [0.25, 0.3) is 0 Å². The molecule has 2 aromatic carbocycles. The van der Waals surface area contributed by atoms with Crippen molar-refractivity contribution in [3.05, 3.63) is 62.6 Å². The fraction of sp³-hybridized carbons (Fsp3) is 0. The van der Waals surface area contributed by atoms with E-state index in [0.717, 1.165) is 0 Å². The summed E-state index contributed by atoms with van der Waals surface area (Å²) in [6.45, 7) is 0. The van der Waals surface area contributed by atoms with E-state index in [1.54, 1.807) is 6.07 Å². The van der Waals surface area contributed by atoms with Gasteiger partial charge in [-0.2, -0.15) is 0 Å². The minimum Gasteiger partial charge on any atom is -0.478 e. The van der Waals surface area contributed by atoms with Crippen molar-refractivity contribution < 1.29 is 14.7 Å². The lowest BCUT2D eigenvalue weighted by Crippen LogP contribution is -2.13. The highest BCUT2D eigenvalue weighted by molar-refractivity contribution is 6.36. The highest BCUT2D eigenvalue weighted by atomic mass is 35.5. The predicted octanol–water partition coefficient (Wildman–Crippen LogP) is 4.60. The molecule has 0 atom stereocenters. The van der Waals surface area contributed by atoms with Gasteiger partial charge in [0.05, 0.1) is 21.2 Å². The number of carboxylic acids is 1. The third-order valence-corrected chi connectivity index (χ3v) is 3.52. The lowest BCUT2D eigenvalue weighted by atomic mass is 10.1. The molecular formula is C14H8Cl3NO3. The Hall–Kier alpha value is -1.75. The Kier molecular flexibility index (Phi) is 4.73. The summed E-state index contributed by atoms with van der Waals surface area (Å²) in [5.41, 5.74) is 0.375. The van der Waals surface area contributed by atoms with Crippen LogP contribution in [0.15, 0.2) is 36.4 Å². The largest absolute Gasteiger partial charge is 0.478 e. The summed E-state index contributed by atoms with van der Waals surface area (Å²) in [5.74, 6) is -1.68.